The van der Waals surface area contributed by atoms with E-state index in [1.165, 1.54) is 0 Å². The third-order valence-corrected chi connectivity index (χ3v) is 3.43. The predicted molar refractivity (Wildman–Crippen MR) is 72.9 cm³/mol. The molecule has 1 aliphatic carbocycles. The summed E-state index contributed by atoms with van der Waals surface area (Å²) in [6.07, 6.45) is -3.46. The Balaban J connectivity index is 2.01. The highest BCUT2D eigenvalue weighted by Crippen LogP contribution is 2.37. The standard InChI is InChI=1S/C15H13F3N2O/c1-9-7-12(5-6-13(9)19-2)20-14(21)10-3-4-11(8-10)15(16,17)18/h4-7,10H,3,8H2,1H3,(H,20,21). The van der Waals surface area contributed by atoms with Crippen molar-refractivity contribution in [2.45, 2.75) is 25.9 Å². The highest BCUT2D eigenvalue weighted by Gasteiger charge is 2.39. The van der Waals surface area contributed by atoms with Crippen molar-refractivity contribution in [2.24, 2.45) is 5.92 Å². The van der Waals surface area contributed by atoms with E-state index < -0.39 is 23.6 Å². The largest absolute Gasteiger partial charge is 0.412 e. The van der Waals surface area contributed by atoms with Gasteiger partial charge in [0.2, 0.25) is 5.91 Å². The van der Waals surface area contributed by atoms with E-state index in [-0.39, 0.29) is 12.8 Å². The Morgan fingerprint density at radius 2 is 2.14 bits per heavy atom. The third-order valence-electron chi connectivity index (χ3n) is 3.43. The molecule has 2 rings (SSSR count). The number of hydrogen-bond donors (Lipinski definition) is 1. The molecule has 0 saturated carbocycles. The van der Waals surface area contributed by atoms with Crippen LogP contribution in [0.1, 0.15) is 18.4 Å². The Kier molecular flexibility index (Phi) is 4.03. The highest BCUT2D eigenvalue weighted by molar-refractivity contribution is 5.93. The first-order valence-electron chi connectivity index (χ1n) is 6.36. The lowest BCUT2D eigenvalue weighted by Gasteiger charge is -2.13. The van der Waals surface area contributed by atoms with E-state index in [0.29, 0.717) is 16.9 Å². The Morgan fingerprint density at radius 1 is 1.43 bits per heavy atom. The molecule has 0 heterocycles. The number of aryl methyl sites for hydroxylation is 1. The van der Waals surface area contributed by atoms with Crippen molar-refractivity contribution in [1.82, 2.24) is 0 Å². The van der Waals surface area contributed by atoms with Gasteiger partial charge in [0.05, 0.1) is 6.57 Å². The van der Waals surface area contributed by atoms with Crippen LogP contribution in [0.5, 0.6) is 0 Å². The average molecular weight is 294 g/mol. The number of anilines is 1. The maximum atomic E-state index is 12.5. The third kappa shape index (κ3) is 3.43. The summed E-state index contributed by atoms with van der Waals surface area (Å²) in [5.41, 5.74) is 1.05. The van der Waals surface area contributed by atoms with Crippen LogP contribution in [0.4, 0.5) is 24.5 Å². The number of alkyl halides is 3. The van der Waals surface area contributed by atoms with E-state index in [0.717, 1.165) is 6.08 Å². The van der Waals surface area contributed by atoms with Crippen LogP contribution in [0.2, 0.25) is 0 Å². The average Bonchev–Trinajstić information content (AvgIpc) is 2.88. The highest BCUT2D eigenvalue weighted by atomic mass is 19.4. The zero-order chi connectivity index (χ0) is 15.6. The van der Waals surface area contributed by atoms with E-state index >= 15 is 0 Å². The van der Waals surface area contributed by atoms with Crippen molar-refractivity contribution in [3.05, 3.63) is 46.8 Å². The van der Waals surface area contributed by atoms with Gasteiger partial charge >= 0.3 is 6.18 Å². The van der Waals surface area contributed by atoms with Crippen LogP contribution >= 0.6 is 0 Å². The molecule has 110 valence electrons. The molecule has 1 N–H and O–H groups in total. The molecule has 0 saturated heterocycles. The Morgan fingerprint density at radius 3 is 2.67 bits per heavy atom. The molecule has 1 aromatic carbocycles. The number of rotatable bonds is 2. The maximum Gasteiger partial charge on any atom is 0.412 e. The zero-order valence-corrected chi connectivity index (χ0v) is 11.3. The van der Waals surface area contributed by atoms with Gasteiger partial charge in [0.15, 0.2) is 5.69 Å². The summed E-state index contributed by atoms with van der Waals surface area (Å²) < 4.78 is 37.6. The van der Waals surface area contributed by atoms with E-state index in [4.69, 9.17) is 6.57 Å². The van der Waals surface area contributed by atoms with Crippen LogP contribution in [-0.4, -0.2) is 12.1 Å². The molecule has 1 unspecified atom stereocenters. The van der Waals surface area contributed by atoms with E-state index in [9.17, 15) is 18.0 Å². The molecule has 1 amide bonds. The van der Waals surface area contributed by atoms with Crippen LogP contribution < -0.4 is 5.32 Å². The quantitative estimate of drug-likeness (QED) is 0.637. The van der Waals surface area contributed by atoms with Crippen molar-refractivity contribution >= 4 is 17.3 Å². The fraction of sp³-hybridized carbons (Fsp3) is 0.333. The minimum absolute atomic E-state index is 0.0970. The lowest BCUT2D eigenvalue weighted by Crippen LogP contribution is -2.22. The molecule has 0 aliphatic heterocycles. The number of nitrogens with one attached hydrogen (secondary N) is 1. The first-order chi connectivity index (χ1) is 9.81. The van der Waals surface area contributed by atoms with Crippen molar-refractivity contribution < 1.29 is 18.0 Å². The van der Waals surface area contributed by atoms with Crippen LogP contribution in [0.3, 0.4) is 0 Å². The van der Waals surface area contributed by atoms with Gasteiger partial charge in [0, 0.05) is 17.2 Å². The SMILES string of the molecule is [C-]#[N+]c1ccc(NC(=O)C2CC=C(C(F)(F)F)C2)cc1C. The van der Waals surface area contributed by atoms with Gasteiger partial charge in [-0.3, -0.25) is 4.79 Å². The van der Waals surface area contributed by atoms with Gasteiger partial charge in [0.1, 0.15) is 0 Å². The number of halogens is 3. The van der Waals surface area contributed by atoms with Crippen molar-refractivity contribution in [2.75, 3.05) is 5.32 Å². The molecule has 3 nitrogen and oxygen atoms in total. The molecule has 1 aromatic rings. The minimum atomic E-state index is -4.36. The molecule has 21 heavy (non-hydrogen) atoms. The van der Waals surface area contributed by atoms with Crippen LogP contribution in [0.15, 0.2) is 29.8 Å². The van der Waals surface area contributed by atoms with E-state index in [2.05, 4.69) is 10.2 Å². The zero-order valence-electron chi connectivity index (χ0n) is 11.3. The number of carbonyl (C=O) groups is 1. The molecule has 0 bridgehead atoms. The fourth-order valence-corrected chi connectivity index (χ4v) is 2.25. The number of carbonyl (C=O) groups excluding carboxylic acids is 1. The predicted octanol–water partition coefficient (Wildman–Crippen LogP) is 4.38. The summed E-state index contributed by atoms with van der Waals surface area (Å²) in [5.74, 6) is -1.12. The summed E-state index contributed by atoms with van der Waals surface area (Å²) in [4.78, 5) is 15.3. The van der Waals surface area contributed by atoms with Crippen molar-refractivity contribution in [3.8, 4) is 0 Å². The van der Waals surface area contributed by atoms with Gasteiger partial charge in [0.25, 0.3) is 0 Å². The fourth-order valence-electron chi connectivity index (χ4n) is 2.25. The number of amides is 1. The maximum absolute atomic E-state index is 12.5. The first-order valence-corrected chi connectivity index (χ1v) is 6.36. The van der Waals surface area contributed by atoms with Gasteiger partial charge in [-0.2, -0.15) is 13.2 Å². The van der Waals surface area contributed by atoms with Gasteiger partial charge in [-0.1, -0.05) is 12.1 Å². The van der Waals surface area contributed by atoms with Crippen LogP contribution in [0, 0.1) is 19.4 Å². The van der Waals surface area contributed by atoms with Crippen LogP contribution in [-0.2, 0) is 4.79 Å². The summed E-state index contributed by atoms with van der Waals surface area (Å²) in [6, 6.07) is 4.79. The second-order valence-electron chi connectivity index (χ2n) is 4.97. The topological polar surface area (TPSA) is 33.5 Å². The van der Waals surface area contributed by atoms with Gasteiger partial charge in [-0.05, 0) is 37.5 Å². The van der Waals surface area contributed by atoms with Crippen molar-refractivity contribution in [1.29, 1.82) is 0 Å². The summed E-state index contributed by atoms with van der Waals surface area (Å²) in [7, 11) is 0. The molecular weight excluding hydrogens is 281 g/mol. The van der Waals surface area contributed by atoms with Gasteiger partial charge in [-0.15, -0.1) is 0 Å². The molecular formula is C15H13F3N2O. The van der Waals surface area contributed by atoms with Crippen molar-refractivity contribution in [3.63, 3.8) is 0 Å². The summed E-state index contributed by atoms with van der Waals surface area (Å²) in [5, 5.41) is 2.61. The first kappa shape index (κ1) is 15.1. The molecule has 1 atom stereocenters. The van der Waals surface area contributed by atoms with E-state index in [1.807, 2.05) is 0 Å². The molecule has 1 aliphatic rings. The monoisotopic (exact) mass is 294 g/mol. The summed E-state index contributed by atoms with van der Waals surface area (Å²) >= 11 is 0. The number of allylic oxidation sites excluding steroid dienone is 2. The van der Waals surface area contributed by atoms with Crippen LogP contribution in [0.25, 0.3) is 4.85 Å². The Bertz CT molecular complexity index is 641. The number of hydrogen-bond acceptors (Lipinski definition) is 1. The molecule has 6 heteroatoms. The smallest absolute Gasteiger partial charge is 0.326 e. The van der Waals surface area contributed by atoms with E-state index in [1.54, 1.807) is 25.1 Å². The molecule has 0 radical (unpaired) electrons. The van der Waals surface area contributed by atoms with Gasteiger partial charge in [-0.25, -0.2) is 4.85 Å². The van der Waals surface area contributed by atoms with Gasteiger partial charge < -0.3 is 5.32 Å². The second-order valence-corrected chi connectivity index (χ2v) is 4.97. The molecule has 0 aromatic heterocycles. The molecule has 0 spiro atoms. The lowest BCUT2D eigenvalue weighted by atomic mass is 10.0. The summed E-state index contributed by atoms with van der Waals surface area (Å²) in [6.45, 7) is 8.68. The molecule has 0 fully saturated rings. The Labute approximate surface area is 120 Å². The minimum Gasteiger partial charge on any atom is -0.326 e. The lowest BCUT2D eigenvalue weighted by molar-refractivity contribution is -0.120. The number of benzene rings is 1. The second kappa shape index (κ2) is 5.60. The number of nitrogens with zero attached hydrogens (tertiary/aromatic N) is 1. The normalized spacial score (nSPS) is 18.0. The Hall–Kier alpha value is -2.29.